The average Bonchev–Trinajstić information content (AvgIpc) is 2.43. The van der Waals surface area contributed by atoms with Gasteiger partial charge in [-0.15, -0.1) is 0 Å². The molecule has 110 valence electrons. The molecule has 0 fully saturated rings. The zero-order valence-electron chi connectivity index (χ0n) is 11.1. The smallest absolute Gasteiger partial charge is 0.262 e. The molecule has 2 aromatic rings. The van der Waals surface area contributed by atoms with Crippen molar-refractivity contribution in [1.82, 2.24) is 0 Å². The molecule has 0 aliphatic carbocycles. The number of benzene rings is 2. The van der Waals surface area contributed by atoms with Crippen molar-refractivity contribution in [3.8, 4) is 5.75 Å². The van der Waals surface area contributed by atoms with Gasteiger partial charge in [0.2, 0.25) is 0 Å². The maximum Gasteiger partial charge on any atom is 0.262 e. The number of hydrogen-bond donors (Lipinski definition) is 1. The first kappa shape index (κ1) is 16.0. The van der Waals surface area contributed by atoms with E-state index in [1.54, 1.807) is 30.3 Å². The number of halogens is 3. The van der Waals surface area contributed by atoms with E-state index in [2.05, 4.69) is 5.32 Å². The molecule has 2 aromatic carbocycles. The zero-order valence-corrected chi connectivity index (χ0v) is 13.4. The van der Waals surface area contributed by atoms with Crippen LogP contribution in [0.15, 0.2) is 36.4 Å². The number of carbonyl (C=O) groups is 1. The van der Waals surface area contributed by atoms with Crippen molar-refractivity contribution in [3.63, 3.8) is 0 Å². The molecule has 0 aliphatic rings. The quantitative estimate of drug-likeness (QED) is 0.850. The van der Waals surface area contributed by atoms with Crippen LogP contribution in [0.2, 0.25) is 15.1 Å². The summed E-state index contributed by atoms with van der Waals surface area (Å²) in [4.78, 5) is 11.8. The molecule has 0 aliphatic heterocycles. The van der Waals surface area contributed by atoms with Crippen LogP contribution in [0, 0.1) is 6.92 Å². The Hall–Kier alpha value is -1.42. The lowest BCUT2D eigenvalue weighted by Crippen LogP contribution is -2.20. The van der Waals surface area contributed by atoms with Gasteiger partial charge in [0.05, 0.1) is 15.7 Å². The number of anilines is 1. The first-order valence-electron chi connectivity index (χ1n) is 6.09. The van der Waals surface area contributed by atoms with Crippen molar-refractivity contribution in [2.45, 2.75) is 6.92 Å². The second-order valence-corrected chi connectivity index (χ2v) is 5.65. The highest BCUT2D eigenvalue weighted by atomic mass is 35.5. The summed E-state index contributed by atoms with van der Waals surface area (Å²) >= 11 is 17.8. The van der Waals surface area contributed by atoms with Crippen LogP contribution in [0.5, 0.6) is 5.75 Å². The Bertz CT molecular complexity index is 674. The molecule has 6 heteroatoms. The first-order chi connectivity index (χ1) is 9.95. The molecule has 1 N–H and O–H groups in total. The summed E-state index contributed by atoms with van der Waals surface area (Å²) in [5.74, 6) is 0.130. The topological polar surface area (TPSA) is 38.3 Å². The monoisotopic (exact) mass is 343 g/mol. The van der Waals surface area contributed by atoms with Gasteiger partial charge in [0.25, 0.3) is 5.91 Å². The van der Waals surface area contributed by atoms with Crippen LogP contribution in [-0.2, 0) is 4.79 Å². The molecule has 0 heterocycles. The molecule has 0 saturated carbocycles. The predicted molar refractivity (Wildman–Crippen MR) is 86.8 cm³/mol. The molecule has 0 atom stereocenters. The maximum absolute atomic E-state index is 11.8. The summed E-state index contributed by atoms with van der Waals surface area (Å²) < 4.78 is 5.40. The highest BCUT2D eigenvalue weighted by molar-refractivity contribution is 6.36. The molecule has 1 amide bonds. The van der Waals surface area contributed by atoms with E-state index in [-0.39, 0.29) is 12.5 Å². The van der Waals surface area contributed by atoms with Gasteiger partial charge in [-0.2, -0.15) is 0 Å². The van der Waals surface area contributed by atoms with Gasteiger partial charge in [0.15, 0.2) is 6.61 Å². The van der Waals surface area contributed by atoms with Crippen molar-refractivity contribution in [2.75, 3.05) is 11.9 Å². The molecule has 0 spiro atoms. The summed E-state index contributed by atoms with van der Waals surface area (Å²) in [6.07, 6.45) is 0. The van der Waals surface area contributed by atoms with Gasteiger partial charge in [0, 0.05) is 5.02 Å². The lowest BCUT2D eigenvalue weighted by molar-refractivity contribution is -0.118. The van der Waals surface area contributed by atoms with Crippen LogP contribution in [0.1, 0.15) is 5.56 Å². The number of carbonyl (C=O) groups excluding carboxylic acids is 1. The lowest BCUT2D eigenvalue weighted by atomic mass is 10.2. The van der Waals surface area contributed by atoms with E-state index in [4.69, 9.17) is 39.5 Å². The molecule has 0 aromatic heterocycles. The Morgan fingerprint density at radius 2 is 1.86 bits per heavy atom. The van der Waals surface area contributed by atoms with Gasteiger partial charge in [-0.1, -0.05) is 40.9 Å². The minimum atomic E-state index is -0.336. The van der Waals surface area contributed by atoms with E-state index in [9.17, 15) is 4.79 Å². The van der Waals surface area contributed by atoms with E-state index in [0.717, 1.165) is 5.56 Å². The van der Waals surface area contributed by atoms with Gasteiger partial charge >= 0.3 is 0 Å². The molecule has 2 rings (SSSR count). The van der Waals surface area contributed by atoms with E-state index < -0.39 is 0 Å². The maximum atomic E-state index is 11.8. The Balaban J connectivity index is 1.97. The summed E-state index contributed by atoms with van der Waals surface area (Å²) in [5, 5.41) is 3.97. The van der Waals surface area contributed by atoms with Crippen LogP contribution in [0.3, 0.4) is 0 Å². The number of amides is 1. The summed E-state index contributed by atoms with van der Waals surface area (Å²) in [5.41, 5.74) is 1.47. The van der Waals surface area contributed by atoms with Crippen LogP contribution in [-0.4, -0.2) is 12.5 Å². The standard InChI is InChI=1S/C15H12Cl3NO2/c1-9-2-4-11(17)14(6-9)21-8-15(20)19-13-5-3-10(16)7-12(13)18/h2-7H,8H2,1H3,(H,19,20). The van der Waals surface area contributed by atoms with Gasteiger partial charge in [-0.25, -0.2) is 0 Å². The van der Waals surface area contributed by atoms with E-state index >= 15 is 0 Å². The van der Waals surface area contributed by atoms with E-state index in [0.29, 0.717) is 26.5 Å². The second kappa shape index (κ2) is 7.03. The van der Waals surface area contributed by atoms with Crippen molar-refractivity contribution >= 4 is 46.4 Å². The predicted octanol–water partition coefficient (Wildman–Crippen LogP) is 4.97. The highest BCUT2D eigenvalue weighted by Crippen LogP contribution is 2.26. The fourth-order valence-electron chi connectivity index (χ4n) is 1.64. The number of nitrogens with one attached hydrogen (secondary N) is 1. The minimum absolute atomic E-state index is 0.165. The Morgan fingerprint density at radius 3 is 2.57 bits per heavy atom. The number of rotatable bonds is 4. The zero-order chi connectivity index (χ0) is 15.4. The number of hydrogen-bond acceptors (Lipinski definition) is 2. The third-order valence-electron chi connectivity index (χ3n) is 2.65. The molecule has 0 unspecified atom stereocenters. The SMILES string of the molecule is Cc1ccc(Cl)c(OCC(=O)Nc2ccc(Cl)cc2Cl)c1. The highest BCUT2D eigenvalue weighted by Gasteiger charge is 2.09. The van der Waals surface area contributed by atoms with Gasteiger partial charge in [-0.05, 0) is 42.8 Å². The number of aryl methyl sites for hydroxylation is 1. The van der Waals surface area contributed by atoms with Crippen molar-refractivity contribution in [2.24, 2.45) is 0 Å². The molecule has 3 nitrogen and oxygen atoms in total. The molecular formula is C15H12Cl3NO2. The average molecular weight is 345 g/mol. The molecule has 0 radical (unpaired) electrons. The Labute approximate surface area is 137 Å². The van der Waals surface area contributed by atoms with Crippen LogP contribution >= 0.6 is 34.8 Å². The van der Waals surface area contributed by atoms with Crippen LogP contribution in [0.25, 0.3) is 0 Å². The van der Waals surface area contributed by atoms with Crippen molar-refractivity contribution in [3.05, 3.63) is 57.0 Å². The molecule has 0 bridgehead atoms. The largest absolute Gasteiger partial charge is 0.482 e. The fourth-order valence-corrected chi connectivity index (χ4v) is 2.27. The van der Waals surface area contributed by atoms with E-state index in [1.165, 1.54) is 0 Å². The Morgan fingerprint density at radius 1 is 1.10 bits per heavy atom. The van der Waals surface area contributed by atoms with Gasteiger partial charge in [-0.3, -0.25) is 4.79 Å². The second-order valence-electron chi connectivity index (χ2n) is 4.39. The summed E-state index contributed by atoms with van der Waals surface area (Å²) in [6, 6.07) is 10.2. The number of ether oxygens (including phenoxy) is 1. The molecule has 0 saturated heterocycles. The lowest BCUT2D eigenvalue weighted by Gasteiger charge is -2.10. The first-order valence-corrected chi connectivity index (χ1v) is 7.23. The van der Waals surface area contributed by atoms with Crippen molar-refractivity contribution < 1.29 is 9.53 Å². The van der Waals surface area contributed by atoms with Gasteiger partial charge < -0.3 is 10.1 Å². The normalized spacial score (nSPS) is 10.3. The third kappa shape index (κ3) is 4.53. The Kier molecular flexibility index (Phi) is 5.34. The molecule has 21 heavy (non-hydrogen) atoms. The fraction of sp³-hybridized carbons (Fsp3) is 0.133. The van der Waals surface area contributed by atoms with Gasteiger partial charge in [0.1, 0.15) is 5.75 Å². The summed E-state index contributed by atoms with van der Waals surface area (Å²) in [6.45, 7) is 1.75. The van der Waals surface area contributed by atoms with Crippen LogP contribution in [0.4, 0.5) is 5.69 Å². The van der Waals surface area contributed by atoms with Crippen molar-refractivity contribution in [1.29, 1.82) is 0 Å². The molecular weight excluding hydrogens is 333 g/mol. The van der Waals surface area contributed by atoms with Crippen LogP contribution < -0.4 is 10.1 Å². The third-order valence-corrected chi connectivity index (χ3v) is 3.51. The minimum Gasteiger partial charge on any atom is -0.482 e. The van der Waals surface area contributed by atoms with E-state index in [1.807, 2.05) is 13.0 Å². The summed E-state index contributed by atoms with van der Waals surface area (Å²) in [7, 11) is 0.